The molecule has 7 heteroatoms. The molecule has 4 amide bonds. The molecule has 0 aromatic carbocycles. The Morgan fingerprint density at radius 2 is 1.45 bits per heavy atom. The van der Waals surface area contributed by atoms with Gasteiger partial charge in [0.05, 0.1) is 0 Å². The van der Waals surface area contributed by atoms with Gasteiger partial charge in [-0.2, -0.15) is 0 Å². The van der Waals surface area contributed by atoms with Crippen LogP contribution >= 0.6 is 0 Å². The largest absolute Gasteiger partial charge is 0.412 e. The molecule has 0 unspecified atom stereocenters. The maximum Gasteiger partial charge on any atom is 0.328 e. The van der Waals surface area contributed by atoms with Gasteiger partial charge in [0, 0.05) is 0 Å². The number of barbiturate groups is 1. The van der Waals surface area contributed by atoms with Crippen LogP contribution in [0.4, 0.5) is 4.79 Å². The lowest BCUT2D eigenvalue weighted by Gasteiger charge is -2.15. The van der Waals surface area contributed by atoms with Crippen molar-refractivity contribution in [3.63, 3.8) is 0 Å². The lowest BCUT2D eigenvalue weighted by molar-refractivity contribution is -0.141. The van der Waals surface area contributed by atoms with E-state index >= 15 is 0 Å². The summed E-state index contributed by atoms with van der Waals surface area (Å²) in [6.45, 7) is 0. The van der Waals surface area contributed by atoms with E-state index in [4.69, 9.17) is 5.11 Å². The minimum absolute atomic E-state index is 0. The van der Waals surface area contributed by atoms with Crippen molar-refractivity contribution in [3.8, 4) is 0 Å². The average molecular weight is 162 g/mol. The van der Waals surface area contributed by atoms with Crippen LogP contribution in [-0.2, 0) is 9.59 Å². The Hall–Kier alpha value is -1.47. The lowest BCUT2D eigenvalue weighted by atomic mass is 10.3. The monoisotopic (exact) mass is 162 g/mol. The van der Waals surface area contributed by atoms with Gasteiger partial charge in [-0.1, -0.05) is 0 Å². The molecule has 0 aromatic rings. The molecule has 1 saturated heterocycles. The molecule has 5 N–H and O–H groups in total. The fourth-order valence-corrected chi connectivity index (χ4v) is 0.511. The maximum absolute atomic E-state index is 10.4. The molecule has 0 saturated carbocycles. The Balaban J connectivity index is 0.000001000. The van der Waals surface area contributed by atoms with Gasteiger partial charge < -0.3 is 10.6 Å². The average Bonchev–Trinajstić information content (AvgIpc) is 1.82. The van der Waals surface area contributed by atoms with Gasteiger partial charge in [-0.3, -0.25) is 20.2 Å². The van der Waals surface area contributed by atoms with E-state index in [1.165, 1.54) is 0 Å². The van der Waals surface area contributed by atoms with Crippen molar-refractivity contribution in [2.75, 3.05) is 0 Å². The zero-order valence-corrected chi connectivity index (χ0v) is 5.25. The number of carbonyl (C=O) groups is 3. The minimum Gasteiger partial charge on any atom is -0.412 e. The van der Waals surface area contributed by atoms with Crippen LogP contribution in [0.2, 0.25) is 0 Å². The maximum atomic E-state index is 10.4. The van der Waals surface area contributed by atoms with Crippen LogP contribution in [0.25, 0.3) is 0 Å². The Bertz CT molecular complexity index is 193. The quantitative estimate of drug-likeness (QED) is 0.326. The van der Waals surface area contributed by atoms with E-state index in [2.05, 4.69) is 0 Å². The molecule has 7 nitrogen and oxygen atoms in total. The summed E-state index contributed by atoms with van der Waals surface area (Å²) in [7, 11) is 0. The van der Waals surface area contributed by atoms with Crippen LogP contribution < -0.4 is 10.6 Å². The molecule has 1 fully saturated rings. The number of urea groups is 1. The second-order valence-corrected chi connectivity index (χ2v) is 1.71. The fourth-order valence-electron chi connectivity index (χ4n) is 0.511. The molecule has 0 radical (unpaired) electrons. The molecule has 1 rings (SSSR count). The standard InChI is InChI=1S/C4H4N2O4.H2O/c7-1-2(8)5-4(10)6-3(1)9;/h1,7H,(H2,5,6,8,9,10);1H2. The molecule has 0 atom stereocenters. The van der Waals surface area contributed by atoms with Crippen molar-refractivity contribution in [3.05, 3.63) is 0 Å². The molecule has 1 heterocycles. The first-order valence-electron chi connectivity index (χ1n) is 2.45. The summed E-state index contributed by atoms with van der Waals surface area (Å²) >= 11 is 0. The minimum atomic E-state index is -1.77. The smallest absolute Gasteiger partial charge is 0.328 e. The van der Waals surface area contributed by atoms with E-state index in [0.717, 1.165) is 0 Å². The first kappa shape index (κ1) is 9.53. The Labute approximate surface area is 60.7 Å². The zero-order chi connectivity index (χ0) is 7.72. The molecule has 0 bridgehead atoms. The van der Waals surface area contributed by atoms with Crippen LogP contribution in [0.3, 0.4) is 0 Å². The Kier molecular flexibility index (Phi) is 2.67. The predicted molar refractivity (Wildman–Crippen MR) is 31.3 cm³/mol. The summed E-state index contributed by atoms with van der Waals surface area (Å²) in [4.78, 5) is 31.0. The number of aliphatic hydroxyl groups is 1. The summed E-state index contributed by atoms with van der Waals surface area (Å²) in [6.07, 6.45) is -1.77. The molecule has 0 spiro atoms. The van der Waals surface area contributed by atoms with E-state index in [1.807, 2.05) is 0 Å². The number of nitrogens with one attached hydrogen (secondary N) is 2. The first-order chi connectivity index (χ1) is 4.61. The summed E-state index contributed by atoms with van der Waals surface area (Å²) in [5.41, 5.74) is 0. The van der Waals surface area contributed by atoms with Gasteiger partial charge in [-0.25, -0.2) is 4.79 Å². The highest BCUT2D eigenvalue weighted by Gasteiger charge is 2.31. The van der Waals surface area contributed by atoms with E-state index in [-0.39, 0.29) is 5.48 Å². The first-order valence-corrected chi connectivity index (χ1v) is 2.45. The van der Waals surface area contributed by atoms with Crippen LogP contribution in [0, 0.1) is 0 Å². The molecular weight excluding hydrogens is 156 g/mol. The second-order valence-electron chi connectivity index (χ2n) is 1.71. The SMILES string of the molecule is O.O=C1NC(=O)C(O)C(=O)N1. The summed E-state index contributed by atoms with van der Waals surface area (Å²) in [5.74, 6) is -1.98. The topological polar surface area (TPSA) is 127 Å². The van der Waals surface area contributed by atoms with E-state index < -0.39 is 23.9 Å². The lowest BCUT2D eigenvalue weighted by Crippen LogP contribution is -2.58. The summed E-state index contributed by atoms with van der Waals surface area (Å²) in [5, 5.41) is 12.0. The van der Waals surface area contributed by atoms with Crippen LogP contribution in [-0.4, -0.2) is 34.5 Å². The highest BCUT2D eigenvalue weighted by atomic mass is 16.3. The third kappa shape index (κ3) is 1.72. The summed E-state index contributed by atoms with van der Waals surface area (Å²) < 4.78 is 0. The molecule has 11 heavy (non-hydrogen) atoms. The number of hydrogen-bond acceptors (Lipinski definition) is 4. The Morgan fingerprint density at radius 3 is 1.82 bits per heavy atom. The van der Waals surface area contributed by atoms with Crippen molar-refractivity contribution in [2.45, 2.75) is 6.10 Å². The van der Waals surface area contributed by atoms with Gasteiger partial charge >= 0.3 is 6.03 Å². The van der Waals surface area contributed by atoms with Gasteiger partial charge in [-0.15, -0.1) is 0 Å². The van der Waals surface area contributed by atoms with E-state index in [9.17, 15) is 14.4 Å². The number of aliphatic hydroxyl groups excluding tert-OH is 1. The number of imide groups is 2. The van der Waals surface area contributed by atoms with Gasteiger partial charge in [0.25, 0.3) is 11.8 Å². The molecule has 1 aliphatic heterocycles. The number of rotatable bonds is 0. The summed E-state index contributed by atoms with van der Waals surface area (Å²) in [6, 6.07) is -0.903. The molecule has 0 aliphatic carbocycles. The fraction of sp³-hybridized carbons (Fsp3) is 0.250. The van der Waals surface area contributed by atoms with Crippen LogP contribution in [0.15, 0.2) is 0 Å². The number of hydrogen-bond donors (Lipinski definition) is 3. The van der Waals surface area contributed by atoms with Crippen molar-refractivity contribution in [1.82, 2.24) is 10.6 Å². The molecular formula is C4H6N2O5. The zero-order valence-electron chi connectivity index (χ0n) is 5.25. The third-order valence-corrected chi connectivity index (χ3v) is 0.970. The van der Waals surface area contributed by atoms with Crippen molar-refractivity contribution < 1.29 is 25.0 Å². The number of carbonyl (C=O) groups excluding carboxylic acids is 3. The third-order valence-electron chi connectivity index (χ3n) is 0.970. The second kappa shape index (κ2) is 3.08. The van der Waals surface area contributed by atoms with Gasteiger partial charge in [0.1, 0.15) is 0 Å². The van der Waals surface area contributed by atoms with E-state index in [0.29, 0.717) is 0 Å². The van der Waals surface area contributed by atoms with Gasteiger partial charge in [0.2, 0.25) is 6.10 Å². The van der Waals surface area contributed by atoms with Crippen LogP contribution in [0.5, 0.6) is 0 Å². The molecule has 1 aliphatic rings. The molecule has 0 aromatic heterocycles. The van der Waals surface area contributed by atoms with E-state index in [1.54, 1.807) is 10.6 Å². The van der Waals surface area contributed by atoms with Crippen molar-refractivity contribution in [1.29, 1.82) is 0 Å². The van der Waals surface area contributed by atoms with Crippen molar-refractivity contribution >= 4 is 17.8 Å². The predicted octanol–water partition coefficient (Wildman–Crippen LogP) is -3.11. The van der Waals surface area contributed by atoms with Crippen LogP contribution in [0.1, 0.15) is 0 Å². The van der Waals surface area contributed by atoms with Crippen molar-refractivity contribution in [2.24, 2.45) is 0 Å². The highest BCUT2D eigenvalue weighted by Crippen LogP contribution is 1.88. The Morgan fingerprint density at radius 1 is 1.09 bits per heavy atom. The highest BCUT2D eigenvalue weighted by molar-refractivity contribution is 6.17. The normalized spacial score (nSPS) is 18.5. The van der Waals surface area contributed by atoms with Gasteiger partial charge in [-0.05, 0) is 0 Å². The molecule has 62 valence electrons. The number of amides is 4. The van der Waals surface area contributed by atoms with Gasteiger partial charge in [0.15, 0.2) is 0 Å².